The number of rotatable bonds is 5. The second-order valence-corrected chi connectivity index (χ2v) is 5.36. The van der Waals surface area contributed by atoms with Crippen LogP contribution in [0.3, 0.4) is 0 Å². The van der Waals surface area contributed by atoms with Crippen LogP contribution in [0.15, 0.2) is 24.3 Å². The number of amides is 2. The van der Waals surface area contributed by atoms with Crippen LogP contribution in [-0.2, 0) is 9.59 Å². The van der Waals surface area contributed by atoms with Crippen molar-refractivity contribution in [1.82, 2.24) is 10.2 Å². The summed E-state index contributed by atoms with van der Waals surface area (Å²) in [5.41, 5.74) is 0.831. The molecular formula is C16H20N2O4. The van der Waals surface area contributed by atoms with Gasteiger partial charge >= 0.3 is 0 Å². The van der Waals surface area contributed by atoms with Crippen molar-refractivity contribution in [3.05, 3.63) is 29.8 Å². The van der Waals surface area contributed by atoms with Crippen LogP contribution in [-0.4, -0.2) is 43.1 Å². The quantitative estimate of drug-likeness (QED) is 0.835. The minimum absolute atomic E-state index is 0.0303. The minimum atomic E-state index is -0.239. The summed E-state index contributed by atoms with van der Waals surface area (Å²) in [4.78, 5) is 24.9. The van der Waals surface area contributed by atoms with Gasteiger partial charge in [-0.15, -0.1) is 0 Å². The number of carbonyl (C=O) groups is 2. The molecule has 1 heterocycles. The highest BCUT2D eigenvalue weighted by Gasteiger charge is 2.13. The lowest BCUT2D eigenvalue weighted by molar-refractivity contribution is -0.131. The topological polar surface area (TPSA) is 67.9 Å². The third-order valence-corrected chi connectivity index (χ3v) is 3.02. The Morgan fingerprint density at radius 3 is 2.77 bits per heavy atom. The number of ether oxygens (including phenoxy) is 2. The summed E-state index contributed by atoms with van der Waals surface area (Å²) in [5, 5.41) is 2.74. The van der Waals surface area contributed by atoms with Crippen LogP contribution in [0.25, 0.3) is 6.08 Å². The Kier molecular flexibility index (Phi) is 5.04. The highest BCUT2D eigenvalue weighted by molar-refractivity contribution is 5.94. The van der Waals surface area contributed by atoms with Crippen molar-refractivity contribution in [2.24, 2.45) is 0 Å². The summed E-state index contributed by atoms with van der Waals surface area (Å²) < 4.78 is 10.5. The molecule has 0 unspecified atom stereocenters. The van der Waals surface area contributed by atoms with Gasteiger partial charge in [-0.1, -0.05) is 6.07 Å². The molecule has 0 aromatic heterocycles. The van der Waals surface area contributed by atoms with E-state index in [-0.39, 0.29) is 31.2 Å². The van der Waals surface area contributed by atoms with Gasteiger partial charge in [0, 0.05) is 19.2 Å². The number of hydrogen-bond acceptors (Lipinski definition) is 4. The molecule has 0 aliphatic carbocycles. The van der Waals surface area contributed by atoms with Gasteiger partial charge in [0.25, 0.3) is 0 Å². The van der Waals surface area contributed by atoms with E-state index in [2.05, 4.69) is 5.32 Å². The van der Waals surface area contributed by atoms with E-state index in [1.807, 2.05) is 19.9 Å². The summed E-state index contributed by atoms with van der Waals surface area (Å²) in [6.07, 6.45) is 3.11. The first-order chi connectivity index (χ1) is 10.5. The number of hydrogen-bond donors (Lipinski definition) is 1. The second kappa shape index (κ2) is 6.98. The molecule has 1 N–H and O–H groups in total. The van der Waals surface area contributed by atoms with Gasteiger partial charge < -0.3 is 19.7 Å². The summed E-state index contributed by atoms with van der Waals surface area (Å²) >= 11 is 0. The average molecular weight is 304 g/mol. The average Bonchev–Trinajstić information content (AvgIpc) is 2.91. The van der Waals surface area contributed by atoms with Crippen LogP contribution in [0.2, 0.25) is 0 Å². The fourth-order valence-electron chi connectivity index (χ4n) is 1.97. The van der Waals surface area contributed by atoms with E-state index in [1.165, 1.54) is 11.0 Å². The van der Waals surface area contributed by atoms with Crippen molar-refractivity contribution in [3.63, 3.8) is 0 Å². The summed E-state index contributed by atoms with van der Waals surface area (Å²) in [5.74, 6) is 0.948. The maximum absolute atomic E-state index is 12.0. The molecule has 2 rings (SSSR count). The van der Waals surface area contributed by atoms with Gasteiger partial charge in [0.15, 0.2) is 11.5 Å². The first-order valence-electron chi connectivity index (χ1n) is 7.08. The molecule has 0 saturated carbocycles. The molecule has 1 aromatic carbocycles. The number of nitrogens with zero attached hydrogens (tertiary/aromatic N) is 1. The van der Waals surface area contributed by atoms with E-state index in [0.29, 0.717) is 11.5 Å². The number of carbonyl (C=O) groups excluding carboxylic acids is 2. The molecule has 22 heavy (non-hydrogen) atoms. The zero-order valence-corrected chi connectivity index (χ0v) is 13.0. The van der Waals surface area contributed by atoms with Crippen molar-refractivity contribution in [2.75, 3.05) is 20.4 Å². The molecule has 0 atom stereocenters. The molecule has 1 aliphatic heterocycles. The third kappa shape index (κ3) is 4.25. The molecule has 118 valence electrons. The largest absolute Gasteiger partial charge is 0.454 e. The lowest BCUT2D eigenvalue weighted by Crippen LogP contribution is -2.40. The zero-order valence-electron chi connectivity index (χ0n) is 13.0. The number of benzene rings is 1. The summed E-state index contributed by atoms with van der Waals surface area (Å²) in [6.45, 7) is 4.00. The maximum atomic E-state index is 12.0. The van der Waals surface area contributed by atoms with Gasteiger partial charge in [-0.2, -0.15) is 0 Å². The lowest BCUT2D eigenvalue weighted by atomic mass is 10.2. The highest BCUT2D eigenvalue weighted by atomic mass is 16.7. The Morgan fingerprint density at radius 2 is 2.05 bits per heavy atom. The molecule has 6 heteroatoms. The Hall–Kier alpha value is -2.50. The molecular weight excluding hydrogens is 284 g/mol. The lowest BCUT2D eigenvalue weighted by Gasteiger charge is -2.16. The molecule has 2 amide bonds. The number of nitrogens with one attached hydrogen (secondary N) is 1. The standard InChI is InChI=1S/C16H20N2O4/c1-11(2)17-15(19)9-18(3)16(20)7-5-12-4-6-13-14(8-12)22-10-21-13/h4-8,11H,9-10H2,1-3H3,(H,17,19)/b7-5+. The molecule has 0 saturated heterocycles. The fraction of sp³-hybridized carbons (Fsp3) is 0.375. The van der Waals surface area contributed by atoms with Gasteiger partial charge in [0.1, 0.15) is 0 Å². The van der Waals surface area contributed by atoms with Crippen molar-refractivity contribution in [2.45, 2.75) is 19.9 Å². The predicted molar refractivity (Wildman–Crippen MR) is 82.5 cm³/mol. The van der Waals surface area contributed by atoms with Crippen molar-refractivity contribution in [3.8, 4) is 11.5 Å². The van der Waals surface area contributed by atoms with E-state index in [0.717, 1.165) is 5.56 Å². The molecule has 1 aliphatic rings. The molecule has 0 fully saturated rings. The molecule has 0 spiro atoms. The smallest absolute Gasteiger partial charge is 0.246 e. The Labute approximate surface area is 129 Å². The summed E-state index contributed by atoms with van der Waals surface area (Å²) in [7, 11) is 1.59. The second-order valence-electron chi connectivity index (χ2n) is 5.36. The Bertz CT molecular complexity index is 596. The highest BCUT2D eigenvalue weighted by Crippen LogP contribution is 2.32. The van der Waals surface area contributed by atoms with Crippen LogP contribution in [0.1, 0.15) is 19.4 Å². The van der Waals surface area contributed by atoms with E-state index < -0.39 is 0 Å². The Morgan fingerprint density at radius 1 is 1.32 bits per heavy atom. The van der Waals surface area contributed by atoms with Crippen LogP contribution in [0, 0.1) is 0 Å². The zero-order chi connectivity index (χ0) is 16.1. The van der Waals surface area contributed by atoms with Gasteiger partial charge in [-0.25, -0.2) is 0 Å². The van der Waals surface area contributed by atoms with Gasteiger partial charge in [0.05, 0.1) is 6.54 Å². The van der Waals surface area contributed by atoms with Crippen molar-refractivity contribution < 1.29 is 19.1 Å². The molecule has 0 radical (unpaired) electrons. The minimum Gasteiger partial charge on any atom is -0.454 e. The van der Waals surface area contributed by atoms with E-state index >= 15 is 0 Å². The number of fused-ring (bicyclic) bond motifs is 1. The van der Waals surface area contributed by atoms with E-state index in [4.69, 9.17) is 9.47 Å². The van der Waals surface area contributed by atoms with Crippen molar-refractivity contribution >= 4 is 17.9 Å². The molecule has 6 nitrogen and oxygen atoms in total. The molecule has 1 aromatic rings. The monoisotopic (exact) mass is 304 g/mol. The van der Waals surface area contributed by atoms with Crippen LogP contribution < -0.4 is 14.8 Å². The van der Waals surface area contributed by atoms with Crippen molar-refractivity contribution in [1.29, 1.82) is 0 Å². The van der Waals surface area contributed by atoms with Crippen LogP contribution in [0.5, 0.6) is 11.5 Å². The van der Waals surface area contributed by atoms with Gasteiger partial charge in [0.2, 0.25) is 18.6 Å². The van der Waals surface area contributed by atoms with E-state index in [9.17, 15) is 9.59 Å². The van der Waals surface area contributed by atoms with E-state index in [1.54, 1.807) is 25.3 Å². The SMILES string of the molecule is CC(C)NC(=O)CN(C)C(=O)/C=C/c1ccc2c(c1)OCO2. The van der Waals surface area contributed by atoms with Crippen LogP contribution >= 0.6 is 0 Å². The third-order valence-electron chi connectivity index (χ3n) is 3.02. The predicted octanol–water partition coefficient (Wildman–Crippen LogP) is 1.41. The normalized spacial score (nSPS) is 12.7. The first-order valence-corrected chi connectivity index (χ1v) is 7.08. The molecule has 0 bridgehead atoms. The van der Waals surface area contributed by atoms with Gasteiger partial charge in [-0.05, 0) is 37.6 Å². The van der Waals surface area contributed by atoms with Crippen LogP contribution in [0.4, 0.5) is 0 Å². The maximum Gasteiger partial charge on any atom is 0.246 e. The fourth-order valence-corrected chi connectivity index (χ4v) is 1.97. The Balaban J connectivity index is 1.92. The first kappa shape index (κ1) is 15.9. The summed E-state index contributed by atoms with van der Waals surface area (Å²) in [6, 6.07) is 5.49. The van der Waals surface area contributed by atoms with Gasteiger partial charge in [-0.3, -0.25) is 9.59 Å². The number of likely N-dealkylation sites (N-methyl/N-ethyl adjacent to an activating group) is 1.